The summed E-state index contributed by atoms with van der Waals surface area (Å²) >= 11 is 1.63. The molecule has 0 bridgehead atoms. The van der Waals surface area contributed by atoms with Crippen molar-refractivity contribution >= 4 is 11.3 Å². The molecule has 23 heavy (non-hydrogen) atoms. The molecule has 1 aliphatic rings. The van der Waals surface area contributed by atoms with Gasteiger partial charge in [-0.25, -0.2) is 0 Å². The Morgan fingerprint density at radius 1 is 1.43 bits per heavy atom. The molecule has 1 atom stereocenters. The third-order valence-electron chi connectivity index (χ3n) is 4.19. The summed E-state index contributed by atoms with van der Waals surface area (Å²) in [6.07, 6.45) is 2.13. The minimum atomic E-state index is 0.580. The van der Waals surface area contributed by atoms with Crippen molar-refractivity contribution < 1.29 is 4.52 Å². The first kappa shape index (κ1) is 14.5. The summed E-state index contributed by atoms with van der Waals surface area (Å²) in [6.45, 7) is 4.51. The van der Waals surface area contributed by atoms with Crippen molar-refractivity contribution in [2.75, 3.05) is 6.54 Å². The first-order chi connectivity index (χ1) is 11.3. The number of nitrogens with one attached hydrogen (secondary N) is 1. The van der Waals surface area contributed by atoms with Crippen LogP contribution in [0.3, 0.4) is 0 Å². The summed E-state index contributed by atoms with van der Waals surface area (Å²) in [7, 11) is 0. The molecule has 0 aliphatic carbocycles. The number of hydrogen-bond acceptors (Lipinski definition) is 7. The van der Waals surface area contributed by atoms with E-state index in [2.05, 4.69) is 30.2 Å². The van der Waals surface area contributed by atoms with Crippen molar-refractivity contribution in [2.24, 2.45) is 5.92 Å². The van der Waals surface area contributed by atoms with Gasteiger partial charge in [0.2, 0.25) is 11.7 Å². The number of nitrogens with zero attached hydrogens (tertiary/aromatic N) is 5. The van der Waals surface area contributed by atoms with Crippen LogP contribution in [-0.2, 0) is 19.5 Å². The van der Waals surface area contributed by atoms with Crippen LogP contribution in [-0.4, -0.2) is 31.4 Å². The van der Waals surface area contributed by atoms with Gasteiger partial charge >= 0.3 is 0 Å². The second-order valence-electron chi connectivity index (χ2n) is 5.83. The largest absolute Gasteiger partial charge is 0.338 e. The molecular weight excluding hydrogens is 312 g/mol. The van der Waals surface area contributed by atoms with E-state index in [0.717, 1.165) is 43.1 Å². The van der Waals surface area contributed by atoms with Gasteiger partial charge in [-0.2, -0.15) is 16.3 Å². The zero-order valence-corrected chi connectivity index (χ0v) is 13.7. The van der Waals surface area contributed by atoms with Gasteiger partial charge in [-0.3, -0.25) is 0 Å². The molecule has 1 aliphatic heterocycles. The van der Waals surface area contributed by atoms with E-state index in [1.807, 2.05) is 23.8 Å². The zero-order chi connectivity index (χ0) is 15.6. The normalized spacial score (nSPS) is 17.3. The van der Waals surface area contributed by atoms with Crippen LogP contribution in [0.15, 0.2) is 21.3 Å². The highest BCUT2D eigenvalue weighted by Crippen LogP contribution is 2.20. The molecule has 0 saturated heterocycles. The maximum atomic E-state index is 5.30. The molecular formula is C15H18N6OS. The minimum absolute atomic E-state index is 0.580. The average Bonchev–Trinajstić information content (AvgIpc) is 3.29. The SMILES string of the molecule is Cc1nnc2n1C[C@H](CNCc1nc(-c3ccsc3)no1)CC2. The fourth-order valence-electron chi connectivity index (χ4n) is 2.92. The molecule has 1 N–H and O–H groups in total. The van der Waals surface area contributed by atoms with Gasteiger partial charge in [-0.15, -0.1) is 10.2 Å². The summed E-state index contributed by atoms with van der Waals surface area (Å²) in [6, 6.07) is 1.99. The van der Waals surface area contributed by atoms with Gasteiger partial charge in [-0.05, 0) is 30.7 Å². The van der Waals surface area contributed by atoms with Crippen LogP contribution in [0.5, 0.6) is 0 Å². The quantitative estimate of drug-likeness (QED) is 0.771. The molecule has 7 nitrogen and oxygen atoms in total. The fraction of sp³-hybridized carbons (Fsp3) is 0.467. The number of hydrogen-bond donors (Lipinski definition) is 1. The van der Waals surface area contributed by atoms with Crippen LogP contribution in [0.25, 0.3) is 11.4 Å². The lowest BCUT2D eigenvalue weighted by Crippen LogP contribution is -2.30. The van der Waals surface area contributed by atoms with Crippen molar-refractivity contribution in [2.45, 2.75) is 32.9 Å². The van der Waals surface area contributed by atoms with Crippen LogP contribution >= 0.6 is 11.3 Å². The zero-order valence-electron chi connectivity index (χ0n) is 12.9. The van der Waals surface area contributed by atoms with Gasteiger partial charge in [0.15, 0.2) is 0 Å². The molecule has 0 spiro atoms. The number of rotatable bonds is 5. The molecule has 4 rings (SSSR count). The molecule has 0 radical (unpaired) electrons. The van der Waals surface area contributed by atoms with Crippen LogP contribution < -0.4 is 5.32 Å². The van der Waals surface area contributed by atoms with Crippen molar-refractivity contribution in [3.8, 4) is 11.4 Å². The Labute approximate surface area is 137 Å². The van der Waals surface area contributed by atoms with Gasteiger partial charge < -0.3 is 14.4 Å². The monoisotopic (exact) mass is 330 g/mol. The van der Waals surface area contributed by atoms with E-state index in [1.54, 1.807) is 11.3 Å². The maximum absolute atomic E-state index is 5.30. The van der Waals surface area contributed by atoms with E-state index < -0.39 is 0 Å². The van der Waals surface area contributed by atoms with E-state index in [4.69, 9.17) is 4.52 Å². The van der Waals surface area contributed by atoms with Crippen LogP contribution in [0.2, 0.25) is 0 Å². The van der Waals surface area contributed by atoms with Crippen molar-refractivity contribution in [1.29, 1.82) is 0 Å². The number of aromatic nitrogens is 5. The third kappa shape index (κ3) is 3.04. The van der Waals surface area contributed by atoms with E-state index in [1.165, 1.54) is 0 Å². The standard InChI is InChI=1S/C15H18N6OS/c1-10-18-19-13-3-2-11(8-21(10)13)6-16-7-14-17-15(20-22-14)12-4-5-23-9-12/h4-5,9,11,16H,2-3,6-8H2,1H3/t11-/m0/s1. The molecule has 0 unspecified atom stereocenters. The number of aryl methyl sites for hydroxylation is 2. The Hall–Kier alpha value is -2.06. The van der Waals surface area contributed by atoms with E-state index in [9.17, 15) is 0 Å². The number of fused-ring (bicyclic) bond motifs is 1. The minimum Gasteiger partial charge on any atom is -0.338 e. The highest BCUT2D eigenvalue weighted by molar-refractivity contribution is 7.08. The molecule has 3 aromatic rings. The average molecular weight is 330 g/mol. The molecule has 4 heterocycles. The lowest BCUT2D eigenvalue weighted by molar-refractivity contribution is 0.325. The van der Waals surface area contributed by atoms with Crippen molar-refractivity contribution in [3.05, 3.63) is 34.4 Å². The Balaban J connectivity index is 1.30. The summed E-state index contributed by atoms with van der Waals surface area (Å²) in [5.41, 5.74) is 1.01. The second kappa shape index (κ2) is 6.21. The smallest absolute Gasteiger partial charge is 0.240 e. The van der Waals surface area contributed by atoms with Crippen LogP contribution in [0.1, 0.15) is 24.0 Å². The topological polar surface area (TPSA) is 81.7 Å². The second-order valence-corrected chi connectivity index (χ2v) is 6.61. The molecule has 0 saturated carbocycles. The predicted octanol–water partition coefficient (Wildman–Crippen LogP) is 2.05. The predicted molar refractivity (Wildman–Crippen MR) is 85.9 cm³/mol. The Morgan fingerprint density at radius 3 is 3.26 bits per heavy atom. The third-order valence-corrected chi connectivity index (χ3v) is 4.87. The lowest BCUT2D eigenvalue weighted by atomic mass is 9.99. The molecule has 8 heteroatoms. The van der Waals surface area contributed by atoms with Gasteiger partial charge in [0.1, 0.15) is 11.6 Å². The first-order valence-electron chi connectivity index (χ1n) is 7.74. The van der Waals surface area contributed by atoms with Crippen LogP contribution in [0, 0.1) is 12.8 Å². The fourth-order valence-corrected chi connectivity index (χ4v) is 3.55. The summed E-state index contributed by atoms with van der Waals surface area (Å²) in [5, 5.41) is 19.8. The first-order valence-corrected chi connectivity index (χ1v) is 8.68. The van der Waals surface area contributed by atoms with Gasteiger partial charge in [-0.1, -0.05) is 5.16 Å². The summed E-state index contributed by atoms with van der Waals surface area (Å²) in [4.78, 5) is 4.42. The van der Waals surface area contributed by atoms with Crippen molar-refractivity contribution in [3.63, 3.8) is 0 Å². The lowest BCUT2D eigenvalue weighted by Gasteiger charge is -2.23. The van der Waals surface area contributed by atoms with Crippen molar-refractivity contribution in [1.82, 2.24) is 30.2 Å². The van der Waals surface area contributed by atoms with Gasteiger partial charge in [0, 0.05) is 30.5 Å². The Bertz CT molecular complexity index is 778. The number of thiophene rings is 1. The molecule has 0 fully saturated rings. The summed E-state index contributed by atoms with van der Waals surface area (Å²) in [5.74, 6) is 3.98. The molecule has 3 aromatic heterocycles. The van der Waals surface area contributed by atoms with E-state index in [0.29, 0.717) is 24.2 Å². The molecule has 0 aromatic carbocycles. The van der Waals surface area contributed by atoms with Gasteiger partial charge in [0.25, 0.3) is 0 Å². The van der Waals surface area contributed by atoms with E-state index in [-0.39, 0.29) is 0 Å². The maximum Gasteiger partial charge on any atom is 0.240 e. The van der Waals surface area contributed by atoms with Gasteiger partial charge in [0.05, 0.1) is 6.54 Å². The Morgan fingerprint density at radius 2 is 2.39 bits per heavy atom. The Kier molecular flexibility index (Phi) is 3.92. The molecule has 120 valence electrons. The highest BCUT2D eigenvalue weighted by Gasteiger charge is 2.21. The van der Waals surface area contributed by atoms with Crippen LogP contribution in [0.4, 0.5) is 0 Å². The summed E-state index contributed by atoms with van der Waals surface area (Å²) < 4.78 is 7.52. The highest BCUT2D eigenvalue weighted by atomic mass is 32.1. The van der Waals surface area contributed by atoms with E-state index >= 15 is 0 Å². The molecule has 0 amide bonds.